The van der Waals surface area contributed by atoms with E-state index in [1.165, 1.54) is 6.08 Å². The lowest BCUT2D eigenvalue weighted by molar-refractivity contribution is -0.156. The molecule has 1 N–H and O–H groups in total. The summed E-state index contributed by atoms with van der Waals surface area (Å²) in [6.45, 7) is 13.0. The summed E-state index contributed by atoms with van der Waals surface area (Å²) in [7, 11) is -2.36. The van der Waals surface area contributed by atoms with Gasteiger partial charge in [0.25, 0.3) is 0 Å². The van der Waals surface area contributed by atoms with E-state index in [0.29, 0.717) is 11.1 Å². The number of ketones is 1. The van der Waals surface area contributed by atoms with Crippen LogP contribution in [0.25, 0.3) is 0 Å². The van der Waals surface area contributed by atoms with Gasteiger partial charge in [-0.3, -0.25) is 9.59 Å². The molecule has 0 spiro atoms. The van der Waals surface area contributed by atoms with Gasteiger partial charge in [-0.05, 0) is 52.6 Å². The van der Waals surface area contributed by atoms with Crippen LogP contribution in [0.5, 0.6) is 0 Å². The number of aliphatic hydroxyl groups excluding tert-OH is 1. The Morgan fingerprint density at radius 3 is 1.87 bits per heavy atom. The second-order valence-corrected chi connectivity index (χ2v) is 22.8. The maximum Gasteiger partial charge on any atom is 0.356 e. The van der Waals surface area contributed by atoms with Crippen LogP contribution in [-0.4, -0.2) is 60.2 Å². The zero-order valence-corrected chi connectivity index (χ0v) is 32.9. The standard InChI is InChI=1S/C43H50NO6PSi/c1-8-27-49-42(48)41(51(34-21-12-9-13-22-34,35-23-14-10-15-24-35)36-25-16-11-17-26-36)44-37(29-38(46)33-20-18-19-32(28-33)30-45)39(40(44)47)31(2)50-52(6,7)43(3,4)5/h8-26,28,31,37,39,45H,1,27,29-30H2,2-7H3/t31-,37+,39+/m0/s1. The average molecular weight is 736 g/mol. The van der Waals surface area contributed by atoms with Gasteiger partial charge in [-0.2, -0.15) is 0 Å². The number of hydrogen-bond donors (Lipinski definition) is 1. The van der Waals surface area contributed by atoms with Crippen LogP contribution in [0.1, 0.15) is 50.0 Å². The summed E-state index contributed by atoms with van der Waals surface area (Å²) in [6, 6.07) is 35.6. The highest BCUT2D eigenvalue weighted by Crippen LogP contribution is 2.50. The Balaban J connectivity index is 1.83. The van der Waals surface area contributed by atoms with Gasteiger partial charge in [0.05, 0.1) is 24.7 Å². The molecule has 1 heterocycles. The van der Waals surface area contributed by atoms with Gasteiger partial charge in [0.2, 0.25) is 5.91 Å². The van der Waals surface area contributed by atoms with Gasteiger partial charge in [-0.1, -0.05) is 143 Å². The molecular weight excluding hydrogens is 686 g/mol. The minimum Gasteiger partial charge on any atom is -0.457 e. The molecule has 0 unspecified atom stereocenters. The van der Waals surface area contributed by atoms with Gasteiger partial charge in [0.1, 0.15) is 12.0 Å². The predicted octanol–water partition coefficient (Wildman–Crippen LogP) is 6.84. The number of esters is 1. The SMILES string of the molecule is C=CCOC(=O)C(N1C(=O)[C@H]([C@H](C)O[Si](C)(C)C(C)(C)C)[C@H]1CC(=O)c1cccc(CO)c1)=P(c1ccccc1)(c1ccccc1)c1ccccc1. The third-order valence-electron chi connectivity index (χ3n) is 10.4. The predicted molar refractivity (Wildman–Crippen MR) is 214 cm³/mol. The first-order valence-corrected chi connectivity index (χ1v) is 22.4. The quantitative estimate of drug-likeness (QED) is 0.0381. The third kappa shape index (κ3) is 7.58. The Labute approximate surface area is 309 Å². The van der Waals surface area contributed by atoms with E-state index in [2.05, 4.69) is 40.4 Å². The van der Waals surface area contributed by atoms with Crippen LogP contribution in [0.15, 0.2) is 128 Å². The van der Waals surface area contributed by atoms with Crippen LogP contribution in [0, 0.1) is 5.92 Å². The number of nitrogens with zero attached hydrogens (tertiary/aromatic N) is 1. The van der Waals surface area contributed by atoms with Crippen LogP contribution < -0.4 is 15.9 Å². The van der Waals surface area contributed by atoms with Crippen molar-refractivity contribution in [2.75, 3.05) is 6.61 Å². The Hall–Kier alpha value is -4.33. The highest BCUT2D eigenvalue weighted by atomic mass is 31.2. The summed E-state index contributed by atoms with van der Waals surface area (Å²) >= 11 is 0. The van der Waals surface area contributed by atoms with Crippen molar-refractivity contribution in [3.05, 3.63) is 139 Å². The van der Waals surface area contributed by atoms with Crippen LogP contribution in [0.2, 0.25) is 18.1 Å². The van der Waals surface area contributed by atoms with Crippen molar-refractivity contribution in [1.29, 1.82) is 0 Å². The van der Waals surface area contributed by atoms with Crippen molar-refractivity contribution in [3.63, 3.8) is 0 Å². The molecule has 0 saturated carbocycles. The number of carbonyl (C=O) groups excluding carboxylic acids is 3. The van der Waals surface area contributed by atoms with Gasteiger partial charge >= 0.3 is 5.97 Å². The molecule has 9 heteroatoms. The van der Waals surface area contributed by atoms with Crippen molar-refractivity contribution in [3.8, 4) is 0 Å². The van der Waals surface area contributed by atoms with Crippen molar-refractivity contribution in [1.82, 2.24) is 4.90 Å². The van der Waals surface area contributed by atoms with E-state index in [0.717, 1.165) is 15.9 Å². The van der Waals surface area contributed by atoms with E-state index in [9.17, 15) is 14.7 Å². The fraction of sp³-hybridized carbons (Fsp3) is 0.302. The van der Waals surface area contributed by atoms with Crippen LogP contribution in [-0.2, 0) is 25.4 Å². The molecule has 1 aliphatic heterocycles. The van der Waals surface area contributed by atoms with Gasteiger partial charge < -0.3 is 19.2 Å². The molecule has 5 rings (SSSR count). The number of benzene rings is 4. The van der Waals surface area contributed by atoms with E-state index in [1.807, 2.05) is 97.9 Å². The second kappa shape index (κ2) is 16.1. The number of amides is 1. The van der Waals surface area contributed by atoms with E-state index < -0.39 is 39.2 Å². The molecule has 52 heavy (non-hydrogen) atoms. The van der Waals surface area contributed by atoms with E-state index >= 15 is 4.79 Å². The second-order valence-electron chi connectivity index (χ2n) is 14.8. The summed E-state index contributed by atoms with van der Waals surface area (Å²) in [5.41, 5.74) is 1.25. The molecule has 3 atom stereocenters. The van der Waals surface area contributed by atoms with Crippen molar-refractivity contribution < 1.29 is 28.7 Å². The first-order chi connectivity index (χ1) is 24.8. The molecule has 7 nitrogen and oxygen atoms in total. The van der Waals surface area contributed by atoms with E-state index in [-0.39, 0.29) is 41.8 Å². The summed E-state index contributed by atoms with van der Waals surface area (Å²) in [4.78, 5) is 45.7. The molecule has 1 aliphatic rings. The van der Waals surface area contributed by atoms with Crippen molar-refractivity contribution in [2.45, 2.75) is 71.0 Å². The zero-order valence-electron chi connectivity index (χ0n) is 31.0. The van der Waals surface area contributed by atoms with Gasteiger partial charge in [0, 0.05) is 18.9 Å². The van der Waals surface area contributed by atoms with E-state index in [4.69, 9.17) is 9.16 Å². The van der Waals surface area contributed by atoms with Crippen molar-refractivity contribution in [2.24, 2.45) is 5.92 Å². The minimum absolute atomic E-state index is 0.0609. The monoisotopic (exact) mass is 735 g/mol. The molecule has 4 aromatic rings. The maximum atomic E-state index is 15.0. The molecule has 1 amide bonds. The van der Waals surface area contributed by atoms with Gasteiger partial charge in [0.15, 0.2) is 14.1 Å². The smallest absolute Gasteiger partial charge is 0.356 e. The van der Waals surface area contributed by atoms with Crippen molar-refractivity contribution >= 4 is 54.2 Å². The maximum absolute atomic E-state index is 15.0. The van der Waals surface area contributed by atoms with E-state index in [1.54, 1.807) is 29.2 Å². The average Bonchev–Trinajstić information content (AvgIpc) is 3.14. The Bertz CT molecular complexity index is 1850. The highest BCUT2D eigenvalue weighted by Gasteiger charge is 2.57. The lowest BCUT2D eigenvalue weighted by atomic mass is 9.79. The molecule has 0 radical (unpaired) electrons. The number of ether oxygens (including phenoxy) is 1. The number of β-lactam (4-membered cyclic amide) rings is 1. The number of hydrogen-bond acceptors (Lipinski definition) is 6. The zero-order chi connectivity index (χ0) is 37.7. The number of likely N-dealkylation sites (tertiary alicyclic amines) is 1. The summed E-state index contributed by atoms with van der Waals surface area (Å²) in [5, 5.41) is 12.3. The number of aliphatic hydroxyl groups is 1. The molecule has 1 fully saturated rings. The summed E-state index contributed by atoms with van der Waals surface area (Å²) in [6.07, 6.45) is 0.913. The number of rotatable bonds is 14. The molecule has 0 bridgehead atoms. The summed E-state index contributed by atoms with van der Waals surface area (Å²) < 4.78 is 12.8. The minimum atomic E-state index is -3.17. The summed E-state index contributed by atoms with van der Waals surface area (Å²) in [5.74, 6) is -1.84. The van der Waals surface area contributed by atoms with Gasteiger partial charge in [-0.15, -0.1) is 0 Å². The Morgan fingerprint density at radius 2 is 1.40 bits per heavy atom. The highest BCUT2D eigenvalue weighted by molar-refractivity contribution is 7.96. The lowest BCUT2D eigenvalue weighted by Crippen LogP contribution is -2.69. The van der Waals surface area contributed by atoms with Crippen LogP contribution in [0.4, 0.5) is 0 Å². The largest absolute Gasteiger partial charge is 0.457 e. The topological polar surface area (TPSA) is 93.1 Å². The van der Waals surface area contributed by atoms with Crippen LogP contribution in [0.3, 0.4) is 0 Å². The Kier molecular flexibility index (Phi) is 12.1. The van der Waals surface area contributed by atoms with Gasteiger partial charge in [-0.25, -0.2) is 4.79 Å². The third-order valence-corrected chi connectivity index (χ3v) is 19.2. The fourth-order valence-corrected chi connectivity index (χ4v) is 12.6. The molecule has 1 saturated heterocycles. The number of Topliss-reactive ketones (excluding diaryl/α,β-unsaturated/α-hetero) is 1. The fourth-order valence-electron chi connectivity index (χ4n) is 6.79. The molecule has 4 aromatic carbocycles. The Morgan fingerprint density at radius 1 is 0.885 bits per heavy atom. The lowest BCUT2D eigenvalue weighted by Gasteiger charge is -2.53. The van der Waals surface area contributed by atoms with Crippen LogP contribution >= 0.6 is 6.89 Å². The molecule has 272 valence electrons. The first kappa shape index (κ1) is 38.9. The first-order valence-electron chi connectivity index (χ1n) is 17.7. The molecular formula is C43H50NO6PSi. The normalized spacial score (nSPS) is 16.8. The molecule has 0 aromatic heterocycles. The molecule has 0 aliphatic carbocycles. The number of carbonyl (C=O) groups is 3.